The van der Waals surface area contributed by atoms with Gasteiger partial charge in [-0.05, 0) is 37.6 Å². The van der Waals surface area contributed by atoms with Gasteiger partial charge in [0.2, 0.25) is 0 Å². The number of hydrogen-bond donors (Lipinski definition) is 3. The number of aliphatic carboxylic acids is 1. The molecule has 0 saturated carbocycles. The molecule has 5 nitrogen and oxygen atoms in total. The molecule has 0 heterocycles. The predicted molar refractivity (Wildman–Crippen MR) is 68.4 cm³/mol. The monoisotopic (exact) mass is 250 g/mol. The van der Waals surface area contributed by atoms with Crippen LogP contribution in [0.1, 0.15) is 29.3 Å². The lowest BCUT2D eigenvalue weighted by Crippen LogP contribution is -2.34. The molecule has 1 atom stereocenters. The van der Waals surface area contributed by atoms with Gasteiger partial charge >= 0.3 is 5.97 Å². The smallest absolute Gasteiger partial charge is 0.305 e. The highest BCUT2D eigenvalue weighted by molar-refractivity contribution is 5.94. The topological polar surface area (TPSA) is 92.4 Å². The summed E-state index contributed by atoms with van der Waals surface area (Å²) in [5, 5.41) is 11.2. The average molecular weight is 250 g/mol. The largest absolute Gasteiger partial charge is 0.481 e. The quantitative estimate of drug-likeness (QED) is 0.695. The number of rotatable bonds is 6. The van der Waals surface area contributed by atoms with Gasteiger partial charge in [0.25, 0.3) is 5.91 Å². The maximum absolute atomic E-state index is 11.8. The van der Waals surface area contributed by atoms with E-state index < -0.39 is 12.0 Å². The normalized spacial score (nSPS) is 11.9. The molecule has 5 heteroatoms. The standard InChI is InChI=1S/C13H18N2O3/c1-9(8-12(16)17)15-13(18)11-4-2-10(3-5-11)6-7-14/h2-5,9H,6-8,14H2,1H3,(H,15,18)(H,16,17). The number of nitrogens with one attached hydrogen (secondary N) is 1. The van der Waals surface area contributed by atoms with Crippen molar-refractivity contribution in [3.8, 4) is 0 Å². The summed E-state index contributed by atoms with van der Waals surface area (Å²) in [6.45, 7) is 2.23. The van der Waals surface area contributed by atoms with Crippen LogP contribution in [0, 0.1) is 0 Å². The minimum atomic E-state index is -0.930. The van der Waals surface area contributed by atoms with Gasteiger partial charge in [-0.1, -0.05) is 12.1 Å². The second kappa shape index (κ2) is 6.76. The van der Waals surface area contributed by atoms with Crippen LogP contribution in [0.5, 0.6) is 0 Å². The van der Waals surface area contributed by atoms with Gasteiger partial charge in [0.15, 0.2) is 0 Å². The van der Waals surface area contributed by atoms with E-state index in [-0.39, 0.29) is 12.3 Å². The first-order valence-corrected chi connectivity index (χ1v) is 5.84. The highest BCUT2D eigenvalue weighted by atomic mass is 16.4. The van der Waals surface area contributed by atoms with Crippen molar-refractivity contribution in [1.82, 2.24) is 5.32 Å². The molecule has 0 bridgehead atoms. The van der Waals surface area contributed by atoms with E-state index in [0.29, 0.717) is 12.1 Å². The number of carbonyl (C=O) groups is 2. The van der Waals surface area contributed by atoms with Crippen molar-refractivity contribution in [3.05, 3.63) is 35.4 Å². The molecule has 1 rings (SSSR count). The van der Waals surface area contributed by atoms with Crippen molar-refractivity contribution < 1.29 is 14.7 Å². The Morgan fingerprint density at radius 1 is 1.33 bits per heavy atom. The SMILES string of the molecule is CC(CC(=O)O)NC(=O)c1ccc(CCN)cc1. The first-order chi connectivity index (χ1) is 8.52. The maximum atomic E-state index is 11.8. The van der Waals surface area contributed by atoms with Crippen LogP contribution >= 0.6 is 0 Å². The van der Waals surface area contributed by atoms with Gasteiger partial charge in [-0.25, -0.2) is 0 Å². The Kier molecular flexibility index (Phi) is 5.32. The van der Waals surface area contributed by atoms with Gasteiger partial charge in [-0.3, -0.25) is 9.59 Å². The minimum Gasteiger partial charge on any atom is -0.481 e. The summed E-state index contributed by atoms with van der Waals surface area (Å²) in [6, 6.07) is 6.74. The van der Waals surface area contributed by atoms with Crippen LogP contribution in [0.2, 0.25) is 0 Å². The van der Waals surface area contributed by atoms with Crippen LogP contribution in [0.25, 0.3) is 0 Å². The zero-order valence-electron chi connectivity index (χ0n) is 10.3. The van der Waals surface area contributed by atoms with E-state index in [1.165, 1.54) is 0 Å². The van der Waals surface area contributed by atoms with Gasteiger partial charge in [0.1, 0.15) is 0 Å². The number of benzene rings is 1. The Morgan fingerprint density at radius 3 is 2.44 bits per heavy atom. The summed E-state index contributed by atoms with van der Waals surface area (Å²) < 4.78 is 0. The average Bonchev–Trinajstić information content (AvgIpc) is 2.29. The van der Waals surface area contributed by atoms with Crippen LogP contribution in [-0.2, 0) is 11.2 Å². The fraction of sp³-hybridized carbons (Fsp3) is 0.385. The summed E-state index contributed by atoms with van der Waals surface area (Å²) in [5.41, 5.74) is 7.03. The molecular formula is C13H18N2O3. The number of hydrogen-bond acceptors (Lipinski definition) is 3. The molecule has 4 N–H and O–H groups in total. The summed E-state index contributed by atoms with van der Waals surface area (Å²) in [4.78, 5) is 22.3. The van der Waals surface area contributed by atoms with E-state index in [2.05, 4.69) is 5.32 Å². The number of carbonyl (C=O) groups excluding carboxylic acids is 1. The van der Waals surface area contributed by atoms with Crippen LogP contribution in [-0.4, -0.2) is 29.6 Å². The third-order valence-corrected chi connectivity index (χ3v) is 2.51. The highest BCUT2D eigenvalue weighted by Crippen LogP contribution is 2.05. The Labute approximate surface area is 106 Å². The summed E-state index contributed by atoms with van der Waals surface area (Å²) in [5.74, 6) is -1.19. The van der Waals surface area contributed by atoms with Crippen molar-refractivity contribution in [1.29, 1.82) is 0 Å². The number of amides is 1. The Bertz CT molecular complexity index is 415. The van der Waals surface area contributed by atoms with Crippen molar-refractivity contribution in [2.45, 2.75) is 25.8 Å². The van der Waals surface area contributed by atoms with Gasteiger partial charge < -0.3 is 16.2 Å². The molecular weight excluding hydrogens is 232 g/mol. The molecule has 1 amide bonds. The fourth-order valence-corrected chi connectivity index (χ4v) is 1.61. The summed E-state index contributed by atoms with van der Waals surface area (Å²) >= 11 is 0. The molecule has 0 aliphatic heterocycles. The van der Waals surface area contributed by atoms with Gasteiger partial charge in [0, 0.05) is 11.6 Å². The molecule has 98 valence electrons. The Balaban J connectivity index is 2.58. The molecule has 0 saturated heterocycles. The van der Waals surface area contributed by atoms with Gasteiger partial charge in [-0.2, -0.15) is 0 Å². The number of nitrogens with two attached hydrogens (primary N) is 1. The molecule has 0 aromatic heterocycles. The third kappa shape index (κ3) is 4.55. The van der Waals surface area contributed by atoms with E-state index in [9.17, 15) is 9.59 Å². The van der Waals surface area contributed by atoms with E-state index >= 15 is 0 Å². The lowest BCUT2D eigenvalue weighted by molar-refractivity contribution is -0.137. The lowest BCUT2D eigenvalue weighted by atomic mass is 10.1. The Hall–Kier alpha value is -1.88. The van der Waals surface area contributed by atoms with Crippen LogP contribution in [0.3, 0.4) is 0 Å². The summed E-state index contributed by atoms with van der Waals surface area (Å²) in [6.07, 6.45) is 0.689. The van der Waals surface area contributed by atoms with Gasteiger partial charge in [0.05, 0.1) is 6.42 Å². The molecule has 0 radical (unpaired) electrons. The molecule has 1 unspecified atom stereocenters. The first-order valence-electron chi connectivity index (χ1n) is 5.84. The van der Waals surface area contributed by atoms with E-state index in [0.717, 1.165) is 12.0 Å². The molecule has 0 fully saturated rings. The van der Waals surface area contributed by atoms with Crippen molar-refractivity contribution in [2.24, 2.45) is 5.73 Å². The Morgan fingerprint density at radius 2 is 1.94 bits per heavy atom. The molecule has 0 spiro atoms. The van der Waals surface area contributed by atoms with Crippen LogP contribution in [0.4, 0.5) is 0 Å². The second-order valence-electron chi connectivity index (χ2n) is 4.21. The van der Waals surface area contributed by atoms with Crippen molar-refractivity contribution in [2.75, 3.05) is 6.54 Å². The lowest BCUT2D eigenvalue weighted by Gasteiger charge is -2.11. The van der Waals surface area contributed by atoms with E-state index in [4.69, 9.17) is 10.8 Å². The fourth-order valence-electron chi connectivity index (χ4n) is 1.61. The van der Waals surface area contributed by atoms with Crippen molar-refractivity contribution in [3.63, 3.8) is 0 Å². The molecule has 1 aromatic rings. The minimum absolute atomic E-state index is 0.0863. The molecule has 0 aliphatic carbocycles. The number of carboxylic acids is 1. The van der Waals surface area contributed by atoms with Crippen LogP contribution < -0.4 is 11.1 Å². The zero-order valence-corrected chi connectivity index (χ0v) is 10.3. The predicted octanol–water partition coefficient (Wildman–Crippen LogP) is 0.781. The molecule has 18 heavy (non-hydrogen) atoms. The second-order valence-corrected chi connectivity index (χ2v) is 4.21. The van der Waals surface area contributed by atoms with E-state index in [1.54, 1.807) is 19.1 Å². The third-order valence-electron chi connectivity index (χ3n) is 2.51. The van der Waals surface area contributed by atoms with Gasteiger partial charge in [-0.15, -0.1) is 0 Å². The van der Waals surface area contributed by atoms with E-state index in [1.807, 2.05) is 12.1 Å². The summed E-state index contributed by atoms with van der Waals surface area (Å²) in [7, 11) is 0. The maximum Gasteiger partial charge on any atom is 0.305 e. The van der Waals surface area contributed by atoms with Crippen LogP contribution in [0.15, 0.2) is 24.3 Å². The molecule has 1 aromatic carbocycles. The first kappa shape index (κ1) is 14.2. The highest BCUT2D eigenvalue weighted by Gasteiger charge is 2.12. The van der Waals surface area contributed by atoms with Crippen molar-refractivity contribution >= 4 is 11.9 Å². The number of carboxylic acid groups (broad SMARTS) is 1. The molecule has 0 aliphatic rings. The zero-order chi connectivity index (χ0) is 13.5.